The van der Waals surface area contributed by atoms with Crippen molar-refractivity contribution in [2.75, 3.05) is 13.6 Å². The quantitative estimate of drug-likeness (QED) is 0.820. The number of hydrogen-bond donors (Lipinski definition) is 0. The normalized spacial score (nSPS) is 12.6. The summed E-state index contributed by atoms with van der Waals surface area (Å²) in [5, 5.41) is 4.36. The van der Waals surface area contributed by atoms with E-state index in [1.54, 1.807) is 9.58 Å². The number of hydrogen-bond acceptors (Lipinski definition) is 2. The van der Waals surface area contributed by atoms with Crippen molar-refractivity contribution in [3.63, 3.8) is 0 Å². The Kier molecular flexibility index (Phi) is 5.19. The first-order valence-corrected chi connectivity index (χ1v) is 7.17. The minimum Gasteiger partial charge on any atom is -0.344 e. The second-order valence-corrected chi connectivity index (χ2v) is 5.46. The average Bonchev–Trinajstić information content (AvgIpc) is 2.57. The molecule has 1 unspecified atom stereocenters. The molecule has 0 fully saturated rings. The molecule has 0 radical (unpaired) electrons. The molecule has 0 aromatic carbocycles. The van der Waals surface area contributed by atoms with Crippen LogP contribution in [0.3, 0.4) is 0 Å². The van der Waals surface area contributed by atoms with Crippen molar-refractivity contribution in [1.29, 1.82) is 0 Å². The summed E-state index contributed by atoms with van der Waals surface area (Å²) in [4.78, 5) is 13.9. The molecule has 17 heavy (non-hydrogen) atoms. The summed E-state index contributed by atoms with van der Waals surface area (Å²) < 4.78 is 3.42. The molecule has 0 bridgehead atoms. The van der Waals surface area contributed by atoms with Gasteiger partial charge in [-0.3, -0.25) is 9.48 Å². The molecule has 96 valence electrons. The summed E-state index contributed by atoms with van der Waals surface area (Å²) in [5.74, 6) is 0.0978. The van der Waals surface area contributed by atoms with Crippen LogP contribution < -0.4 is 0 Å². The topological polar surface area (TPSA) is 38.1 Å². The predicted molar refractivity (Wildman–Crippen MR) is 75.0 cm³/mol. The lowest BCUT2D eigenvalue weighted by Gasteiger charge is -2.22. The Morgan fingerprint density at radius 3 is 2.41 bits per heavy atom. The van der Waals surface area contributed by atoms with Gasteiger partial charge in [-0.15, -0.1) is 0 Å². The van der Waals surface area contributed by atoms with E-state index in [0.717, 1.165) is 21.2 Å². The van der Waals surface area contributed by atoms with Crippen LogP contribution in [0.4, 0.5) is 0 Å². The van der Waals surface area contributed by atoms with Crippen LogP contribution in [0.2, 0.25) is 0 Å². The monoisotopic (exact) mass is 365 g/mol. The fraction of sp³-hybridized carbons (Fsp3) is 0.636. The summed E-state index contributed by atoms with van der Waals surface area (Å²) in [6.45, 7) is 6.61. The van der Waals surface area contributed by atoms with E-state index in [2.05, 4.69) is 37.0 Å². The van der Waals surface area contributed by atoms with E-state index < -0.39 is 0 Å². The Balaban J connectivity index is 3.10. The van der Waals surface area contributed by atoms with E-state index in [-0.39, 0.29) is 11.9 Å². The highest BCUT2D eigenvalue weighted by molar-refractivity contribution is 9.13. The Morgan fingerprint density at radius 2 is 2.06 bits per heavy atom. The molecule has 1 aromatic heterocycles. The third-order valence-electron chi connectivity index (χ3n) is 2.86. The van der Waals surface area contributed by atoms with Crippen molar-refractivity contribution in [1.82, 2.24) is 14.7 Å². The van der Waals surface area contributed by atoms with Gasteiger partial charge in [-0.2, -0.15) is 5.10 Å². The number of likely N-dealkylation sites (N-methyl/N-ethyl adjacent to an activating group) is 1. The summed E-state index contributed by atoms with van der Waals surface area (Å²) in [6, 6.07) is -0.234. The van der Waals surface area contributed by atoms with Gasteiger partial charge in [0, 0.05) is 13.6 Å². The molecule has 0 spiro atoms. The molecule has 0 saturated carbocycles. The second kappa shape index (κ2) is 6.00. The Hall–Kier alpha value is -0.360. The Labute approximate surface area is 119 Å². The number of halogens is 2. The fourth-order valence-electron chi connectivity index (χ4n) is 1.63. The van der Waals surface area contributed by atoms with Crippen molar-refractivity contribution in [2.24, 2.45) is 0 Å². The maximum atomic E-state index is 12.2. The molecule has 0 aliphatic rings. The van der Waals surface area contributed by atoms with E-state index in [0.29, 0.717) is 6.54 Å². The van der Waals surface area contributed by atoms with E-state index in [4.69, 9.17) is 0 Å². The Morgan fingerprint density at radius 1 is 1.47 bits per heavy atom. The van der Waals surface area contributed by atoms with Gasteiger partial charge in [0.15, 0.2) is 0 Å². The van der Waals surface area contributed by atoms with Gasteiger partial charge >= 0.3 is 0 Å². The van der Waals surface area contributed by atoms with Crippen molar-refractivity contribution in [2.45, 2.75) is 33.2 Å². The van der Waals surface area contributed by atoms with E-state index in [1.807, 2.05) is 27.8 Å². The molecule has 1 atom stereocenters. The standard InChI is InChI=1S/C11H17Br2N3O/c1-5-8(11(17)15(4)6-2)16-7(3)9(12)10(13)14-16/h8H,5-6H2,1-4H3. The SMILES string of the molecule is CCC(C(=O)N(C)CC)n1nc(Br)c(Br)c1C. The van der Waals surface area contributed by atoms with Gasteiger partial charge in [-0.1, -0.05) is 6.92 Å². The minimum atomic E-state index is -0.234. The number of carbonyl (C=O) groups is 1. The zero-order chi connectivity index (χ0) is 13.2. The smallest absolute Gasteiger partial charge is 0.247 e. The minimum absolute atomic E-state index is 0.0978. The Bertz CT molecular complexity index is 417. The third kappa shape index (κ3) is 2.91. The summed E-state index contributed by atoms with van der Waals surface area (Å²) in [7, 11) is 1.81. The van der Waals surface area contributed by atoms with E-state index in [9.17, 15) is 4.79 Å². The van der Waals surface area contributed by atoms with Gasteiger partial charge in [0.05, 0.1) is 10.2 Å². The first-order chi connectivity index (χ1) is 7.93. The van der Waals surface area contributed by atoms with Gasteiger partial charge < -0.3 is 4.90 Å². The van der Waals surface area contributed by atoms with E-state index >= 15 is 0 Å². The molecule has 1 amide bonds. The van der Waals surface area contributed by atoms with Gasteiger partial charge in [-0.05, 0) is 52.1 Å². The molecule has 1 heterocycles. The highest BCUT2D eigenvalue weighted by atomic mass is 79.9. The van der Waals surface area contributed by atoms with Crippen LogP contribution >= 0.6 is 31.9 Å². The molecule has 0 aliphatic carbocycles. The lowest BCUT2D eigenvalue weighted by molar-refractivity contribution is -0.133. The van der Waals surface area contributed by atoms with Crippen molar-refractivity contribution >= 4 is 37.8 Å². The van der Waals surface area contributed by atoms with Gasteiger partial charge in [0.2, 0.25) is 5.91 Å². The molecule has 0 N–H and O–H groups in total. The summed E-state index contributed by atoms with van der Waals surface area (Å²) in [5.41, 5.74) is 0.960. The maximum Gasteiger partial charge on any atom is 0.247 e. The van der Waals surface area contributed by atoms with Gasteiger partial charge in [-0.25, -0.2) is 0 Å². The van der Waals surface area contributed by atoms with Crippen molar-refractivity contribution in [3.05, 3.63) is 14.8 Å². The van der Waals surface area contributed by atoms with Crippen LogP contribution in [0, 0.1) is 6.92 Å². The highest BCUT2D eigenvalue weighted by Crippen LogP contribution is 2.28. The number of aromatic nitrogens is 2. The largest absolute Gasteiger partial charge is 0.344 e. The van der Waals surface area contributed by atoms with E-state index in [1.165, 1.54) is 0 Å². The molecule has 1 aromatic rings. The van der Waals surface area contributed by atoms with Crippen molar-refractivity contribution < 1.29 is 4.79 Å². The highest BCUT2D eigenvalue weighted by Gasteiger charge is 2.25. The van der Waals surface area contributed by atoms with Crippen LogP contribution in [-0.2, 0) is 4.79 Å². The molecule has 0 saturated heterocycles. The van der Waals surface area contributed by atoms with Gasteiger partial charge in [0.25, 0.3) is 0 Å². The lowest BCUT2D eigenvalue weighted by Crippen LogP contribution is -2.34. The van der Waals surface area contributed by atoms with Crippen LogP contribution in [0.15, 0.2) is 9.08 Å². The predicted octanol–water partition coefficient (Wildman–Crippen LogP) is 3.15. The molecule has 4 nitrogen and oxygen atoms in total. The average molecular weight is 367 g/mol. The van der Waals surface area contributed by atoms with Crippen LogP contribution in [0.5, 0.6) is 0 Å². The molecule has 6 heteroatoms. The van der Waals surface area contributed by atoms with Crippen LogP contribution in [0.1, 0.15) is 32.0 Å². The molecule has 0 aliphatic heterocycles. The summed E-state index contributed by atoms with van der Waals surface area (Å²) >= 11 is 6.81. The number of rotatable bonds is 4. The van der Waals surface area contributed by atoms with Gasteiger partial charge in [0.1, 0.15) is 10.6 Å². The second-order valence-electron chi connectivity index (χ2n) is 3.91. The summed E-state index contributed by atoms with van der Waals surface area (Å²) in [6.07, 6.45) is 0.727. The fourth-order valence-corrected chi connectivity index (χ4v) is 2.35. The number of amides is 1. The molecular formula is C11H17Br2N3O. The lowest BCUT2D eigenvalue weighted by atomic mass is 10.2. The number of nitrogens with zero attached hydrogens (tertiary/aromatic N) is 3. The maximum absolute atomic E-state index is 12.2. The zero-order valence-corrected chi connectivity index (χ0v) is 13.7. The molecular weight excluding hydrogens is 350 g/mol. The number of carbonyl (C=O) groups excluding carboxylic acids is 1. The third-order valence-corrected chi connectivity index (χ3v) is 4.89. The zero-order valence-electron chi connectivity index (χ0n) is 10.5. The first kappa shape index (κ1) is 14.7. The first-order valence-electron chi connectivity index (χ1n) is 5.59. The van der Waals surface area contributed by atoms with Crippen LogP contribution in [0.25, 0.3) is 0 Å². The van der Waals surface area contributed by atoms with Crippen molar-refractivity contribution in [3.8, 4) is 0 Å². The molecule has 1 rings (SSSR count). The van der Waals surface area contributed by atoms with Crippen LogP contribution in [-0.4, -0.2) is 34.2 Å².